The fraction of sp³-hybridized carbons (Fsp3) is 0.545. The molecule has 1 unspecified atom stereocenters. The monoisotopic (exact) mass is 282 g/mol. The van der Waals surface area contributed by atoms with E-state index in [9.17, 15) is 14.9 Å². The number of rotatable bonds is 4. The van der Waals surface area contributed by atoms with E-state index in [4.69, 9.17) is 9.47 Å². The molecule has 1 aliphatic heterocycles. The standard InChI is InChI=1S/C11H14N4O5/c1-19-10-8(15(17)18)9(12-6-13-10)14-5-3-4-7(14)11(16)20-2/h6-7H,3-5H2,1-2H3. The molecule has 2 heterocycles. The maximum Gasteiger partial charge on any atom is 0.372 e. The van der Waals surface area contributed by atoms with Gasteiger partial charge in [0.25, 0.3) is 5.88 Å². The van der Waals surface area contributed by atoms with Crippen LogP contribution >= 0.6 is 0 Å². The number of methoxy groups -OCH3 is 2. The van der Waals surface area contributed by atoms with Crippen molar-refractivity contribution in [3.05, 3.63) is 16.4 Å². The third-order valence-electron chi connectivity index (χ3n) is 3.14. The van der Waals surface area contributed by atoms with Crippen LogP contribution in [0.1, 0.15) is 12.8 Å². The fourth-order valence-corrected chi connectivity index (χ4v) is 2.27. The molecule has 1 fully saturated rings. The van der Waals surface area contributed by atoms with Gasteiger partial charge in [0.2, 0.25) is 5.82 Å². The molecule has 0 amide bonds. The van der Waals surface area contributed by atoms with Crippen LogP contribution in [-0.2, 0) is 9.53 Å². The van der Waals surface area contributed by atoms with E-state index in [1.54, 1.807) is 4.90 Å². The smallest absolute Gasteiger partial charge is 0.372 e. The van der Waals surface area contributed by atoms with E-state index in [-0.39, 0.29) is 17.4 Å². The van der Waals surface area contributed by atoms with Gasteiger partial charge in [-0.25, -0.2) is 9.78 Å². The van der Waals surface area contributed by atoms with Gasteiger partial charge >= 0.3 is 11.7 Å². The predicted molar refractivity (Wildman–Crippen MR) is 67.6 cm³/mol. The van der Waals surface area contributed by atoms with Crippen LogP contribution in [0.4, 0.5) is 11.5 Å². The summed E-state index contributed by atoms with van der Waals surface area (Å²) in [4.78, 5) is 31.6. The average Bonchev–Trinajstić information content (AvgIpc) is 2.94. The molecule has 1 aromatic rings. The molecular formula is C11H14N4O5. The highest BCUT2D eigenvalue weighted by atomic mass is 16.6. The van der Waals surface area contributed by atoms with Gasteiger partial charge < -0.3 is 14.4 Å². The summed E-state index contributed by atoms with van der Waals surface area (Å²) in [6.45, 7) is 0.487. The molecule has 0 N–H and O–H groups in total. The lowest BCUT2D eigenvalue weighted by molar-refractivity contribution is -0.385. The zero-order valence-electron chi connectivity index (χ0n) is 11.1. The van der Waals surface area contributed by atoms with Crippen molar-refractivity contribution in [3.8, 4) is 5.88 Å². The number of nitro groups is 1. The van der Waals surface area contributed by atoms with Crippen molar-refractivity contribution in [2.24, 2.45) is 0 Å². The van der Waals surface area contributed by atoms with Crippen molar-refractivity contribution in [1.29, 1.82) is 0 Å². The molecule has 108 valence electrons. The molecule has 9 nitrogen and oxygen atoms in total. The third kappa shape index (κ3) is 2.33. The number of carbonyl (C=O) groups excluding carboxylic acids is 1. The van der Waals surface area contributed by atoms with Gasteiger partial charge in [-0.1, -0.05) is 0 Å². The minimum Gasteiger partial charge on any atom is -0.476 e. The molecule has 0 aromatic carbocycles. The summed E-state index contributed by atoms with van der Waals surface area (Å²) in [5.74, 6) is -0.486. The first-order valence-corrected chi connectivity index (χ1v) is 5.98. The summed E-state index contributed by atoms with van der Waals surface area (Å²) in [7, 11) is 2.58. The topological polar surface area (TPSA) is 108 Å². The largest absolute Gasteiger partial charge is 0.476 e. The van der Waals surface area contributed by atoms with Crippen molar-refractivity contribution < 1.29 is 19.2 Å². The molecule has 0 radical (unpaired) electrons. The minimum absolute atomic E-state index is 0.0785. The lowest BCUT2D eigenvalue weighted by Gasteiger charge is -2.23. The molecule has 0 bridgehead atoms. The quantitative estimate of drug-likeness (QED) is 0.447. The van der Waals surface area contributed by atoms with Crippen LogP contribution in [0.2, 0.25) is 0 Å². The Balaban J connectivity index is 2.46. The van der Waals surface area contributed by atoms with Crippen molar-refractivity contribution in [2.75, 3.05) is 25.7 Å². The lowest BCUT2D eigenvalue weighted by atomic mass is 10.2. The number of ether oxygens (including phenoxy) is 2. The van der Waals surface area contributed by atoms with Gasteiger partial charge in [0.05, 0.1) is 19.1 Å². The number of nitrogens with zero attached hydrogens (tertiary/aromatic N) is 4. The third-order valence-corrected chi connectivity index (χ3v) is 3.14. The Kier molecular flexibility index (Phi) is 3.97. The number of esters is 1. The number of hydrogen-bond donors (Lipinski definition) is 0. The van der Waals surface area contributed by atoms with Gasteiger partial charge in [0.15, 0.2) is 0 Å². The highest BCUT2D eigenvalue weighted by Gasteiger charge is 2.38. The van der Waals surface area contributed by atoms with Gasteiger partial charge in [-0.2, -0.15) is 4.98 Å². The van der Waals surface area contributed by atoms with Gasteiger partial charge in [0.1, 0.15) is 12.4 Å². The Morgan fingerprint density at radius 2 is 2.25 bits per heavy atom. The minimum atomic E-state index is -0.610. The van der Waals surface area contributed by atoms with E-state index in [1.165, 1.54) is 20.5 Å². The summed E-state index contributed by atoms with van der Waals surface area (Å²) >= 11 is 0. The zero-order valence-corrected chi connectivity index (χ0v) is 11.1. The summed E-state index contributed by atoms with van der Waals surface area (Å²) < 4.78 is 9.61. The lowest BCUT2D eigenvalue weighted by Crippen LogP contribution is -2.37. The maximum atomic E-state index is 11.7. The van der Waals surface area contributed by atoms with E-state index in [1.807, 2.05) is 0 Å². The second kappa shape index (κ2) is 5.68. The van der Waals surface area contributed by atoms with Crippen LogP contribution in [0.3, 0.4) is 0 Å². The van der Waals surface area contributed by atoms with E-state index in [0.717, 1.165) is 6.42 Å². The zero-order chi connectivity index (χ0) is 14.7. The molecule has 0 aliphatic carbocycles. The van der Waals surface area contributed by atoms with E-state index < -0.39 is 16.9 Å². The van der Waals surface area contributed by atoms with Crippen LogP contribution in [0, 0.1) is 10.1 Å². The maximum absolute atomic E-state index is 11.7. The normalized spacial score (nSPS) is 17.9. The van der Waals surface area contributed by atoms with Gasteiger partial charge in [-0.05, 0) is 12.8 Å². The summed E-state index contributed by atoms with van der Waals surface area (Å²) in [5.41, 5.74) is -0.342. The summed E-state index contributed by atoms with van der Waals surface area (Å²) in [6, 6.07) is -0.571. The first-order valence-electron chi connectivity index (χ1n) is 5.98. The van der Waals surface area contributed by atoms with Crippen LogP contribution < -0.4 is 9.64 Å². The molecule has 20 heavy (non-hydrogen) atoms. The predicted octanol–water partition coefficient (Wildman–Crippen LogP) is 0.535. The number of hydrogen-bond acceptors (Lipinski definition) is 8. The van der Waals surface area contributed by atoms with Crippen LogP contribution in [-0.4, -0.2) is 47.7 Å². The average molecular weight is 282 g/mol. The Bertz CT molecular complexity index is 536. The molecule has 0 spiro atoms. The molecule has 1 atom stereocenters. The van der Waals surface area contributed by atoms with E-state index in [0.29, 0.717) is 13.0 Å². The van der Waals surface area contributed by atoms with Gasteiger partial charge in [-0.3, -0.25) is 10.1 Å². The Labute approximate surface area is 114 Å². The van der Waals surface area contributed by atoms with Gasteiger partial charge in [-0.15, -0.1) is 0 Å². The molecule has 9 heteroatoms. The van der Waals surface area contributed by atoms with Crippen LogP contribution in [0.15, 0.2) is 6.33 Å². The molecule has 1 saturated heterocycles. The Morgan fingerprint density at radius 1 is 1.50 bits per heavy atom. The molecule has 2 rings (SSSR count). The highest BCUT2D eigenvalue weighted by molar-refractivity contribution is 5.82. The van der Waals surface area contributed by atoms with Crippen molar-refractivity contribution in [1.82, 2.24) is 9.97 Å². The first-order chi connectivity index (χ1) is 9.60. The summed E-state index contributed by atoms with van der Waals surface area (Å²) in [6.07, 6.45) is 2.47. The molecule has 1 aromatic heterocycles. The van der Waals surface area contributed by atoms with Crippen LogP contribution in [0.5, 0.6) is 5.88 Å². The second-order valence-corrected chi connectivity index (χ2v) is 4.19. The Morgan fingerprint density at radius 3 is 2.85 bits per heavy atom. The fourth-order valence-electron chi connectivity index (χ4n) is 2.27. The highest BCUT2D eigenvalue weighted by Crippen LogP contribution is 2.36. The van der Waals surface area contributed by atoms with Crippen LogP contribution in [0.25, 0.3) is 0 Å². The number of aromatic nitrogens is 2. The molecule has 1 aliphatic rings. The number of anilines is 1. The SMILES string of the molecule is COC(=O)C1CCCN1c1ncnc(OC)c1[N+](=O)[O-]. The first kappa shape index (κ1) is 14.0. The van der Waals surface area contributed by atoms with E-state index in [2.05, 4.69) is 9.97 Å². The number of carbonyl (C=O) groups is 1. The Hall–Kier alpha value is -2.45. The van der Waals surface area contributed by atoms with E-state index >= 15 is 0 Å². The second-order valence-electron chi connectivity index (χ2n) is 4.19. The summed E-state index contributed by atoms with van der Waals surface area (Å²) in [5, 5.41) is 11.2. The van der Waals surface area contributed by atoms with Crippen molar-refractivity contribution >= 4 is 17.5 Å². The molecular weight excluding hydrogens is 268 g/mol. The van der Waals surface area contributed by atoms with Crippen molar-refractivity contribution in [2.45, 2.75) is 18.9 Å². The van der Waals surface area contributed by atoms with Gasteiger partial charge in [0, 0.05) is 6.54 Å². The molecule has 0 saturated carbocycles. The van der Waals surface area contributed by atoms with Crippen molar-refractivity contribution in [3.63, 3.8) is 0 Å².